The molecule has 0 N–H and O–H groups in total. The van der Waals surface area contributed by atoms with Gasteiger partial charge in [-0.3, -0.25) is 19.1 Å². The Morgan fingerprint density at radius 3 is 2.59 bits per heavy atom. The molecule has 0 bridgehead atoms. The highest BCUT2D eigenvalue weighted by molar-refractivity contribution is 6.00. The predicted octanol–water partition coefficient (Wildman–Crippen LogP) is 1.24. The number of likely N-dealkylation sites (N-methyl/N-ethyl adjacent to an activating group) is 1. The van der Waals surface area contributed by atoms with Crippen LogP contribution in [0.1, 0.15) is 10.4 Å². The molecule has 0 spiro atoms. The van der Waals surface area contributed by atoms with Gasteiger partial charge in [-0.05, 0) is 13.1 Å². The number of carbonyl (C=O) groups excluding carboxylic acids is 1. The topological polar surface area (TPSA) is 84.2 Å². The summed E-state index contributed by atoms with van der Waals surface area (Å²) in [6.45, 7) is 1.82. The molecule has 1 aliphatic rings. The van der Waals surface area contributed by atoms with Gasteiger partial charge >= 0.3 is 0 Å². The van der Waals surface area contributed by atoms with E-state index in [2.05, 4.69) is 19.9 Å². The number of hydrogen-bond donors (Lipinski definition) is 0. The normalized spacial score (nSPS) is 17.3. The number of ketones is 1. The Morgan fingerprint density at radius 1 is 1.07 bits per heavy atom. The highest BCUT2D eigenvalue weighted by atomic mass is 16.1. The van der Waals surface area contributed by atoms with Gasteiger partial charge in [-0.25, -0.2) is 15.0 Å². The van der Waals surface area contributed by atoms with Crippen molar-refractivity contribution in [3.8, 4) is 11.4 Å². The van der Waals surface area contributed by atoms with Crippen molar-refractivity contribution >= 4 is 11.7 Å². The molecule has 3 aromatic rings. The lowest BCUT2D eigenvalue weighted by molar-refractivity contribution is 0.0835. The van der Waals surface area contributed by atoms with Crippen LogP contribution in [0.3, 0.4) is 0 Å². The van der Waals surface area contributed by atoms with Gasteiger partial charge in [0.25, 0.3) is 5.56 Å². The van der Waals surface area contributed by atoms with Gasteiger partial charge in [0.1, 0.15) is 6.33 Å². The summed E-state index contributed by atoms with van der Waals surface area (Å²) in [5.41, 5.74) is 1.59. The number of rotatable bonds is 4. The van der Waals surface area contributed by atoms with Gasteiger partial charge in [-0.1, -0.05) is 30.3 Å². The van der Waals surface area contributed by atoms with Gasteiger partial charge in [-0.2, -0.15) is 0 Å². The summed E-state index contributed by atoms with van der Waals surface area (Å²) >= 11 is 0. The van der Waals surface area contributed by atoms with Crippen molar-refractivity contribution in [3.05, 3.63) is 70.9 Å². The predicted molar refractivity (Wildman–Crippen MR) is 110 cm³/mol. The van der Waals surface area contributed by atoms with Crippen LogP contribution in [0.15, 0.2) is 59.8 Å². The first kappa shape index (κ1) is 18.9. The Kier molecular flexibility index (Phi) is 5.18. The minimum atomic E-state index is -0.314. The van der Waals surface area contributed by atoms with E-state index >= 15 is 0 Å². The smallest absolute Gasteiger partial charge is 0.255 e. The summed E-state index contributed by atoms with van der Waals surface area (Å²) in [5, 5.41) is 0. The van der Waals surface area contributed by atoms with Crippen LogP contribution < -0.4 is 10.5 Å². The standard InChI is InChI=1S/C21H22N6O2/c1-25-10-11-27(13-18(25)20(29)15-6-4-3-5-7-15)21-24-17(12-19(28)26(21)2)16-8-9-22-14-23-16/h3-9,12,14,18H,10-11,13H2,1-2H3. The number of nitrogens with zero attached hydrogens (tertiary/aromatic N) is 6. The lowest BCUT2D eigenvalue weighted by atomic mass is 10.0. The van der Waals surface area contributed by atoms with E-state index in [1.807, 2.05) is 42.3 Å². The van der Waals surface area contributed by atoms with E-state index in [-0.39, 0.29) is 17.4 Å². The summed E-state index contributed by atoms with van der Waals surface area (Å²) < 4.78 is 1.51. The monoisotopic (exact) mass is 390 g/mol. The third-order valence-corrected chi connectivity index (χ3v) is 5.25. The van der Waals surface area contributed by atoms with Crippen LogP contribution >= 0.6 is 0 Å². The molecule has 0 radical (unpaired) electrons. The second-order valence-electron chi connectivity index (χ2n) is 7.11. The maximum absolute atomic E-state index is 13.1. The number of anilines is 1. The van der Waals surface area contributed by atoms with Crippen LogP contribution in [0.25, 0.3) is 11.4 Å². The van der Waals surface area contributed by atoms with E-state index in [0.29, 0.717) is 42.5 Å². The fraction of sp³-hybridized carbons (Fsp3) is 0.286. The van der Waals surface area contributed by atoms with Gasteiger partial charge < -0.3 is 4.90 Å². The van der Waals surface area contributed by atoms with Crippen molar-refractivity contribution in [2.24, 2.45) is 7.05 Å². The molecule has 0 amide bonds. The van der Waals surface area contributed by atoms with Crippen LogP contribution in [-0.4, -0.2) is 62.9 Å². The fourth-order valence-electron chi connectivity index (χ4n) is 3.52. The van der Waals surface area contributed by atoms with Crippen molar-refractivity contribution in [2.75, 3.05) is 31.6 Å². The third kappa shape index (κ3) is 3.79. The summed E-state index contributed by atoms with van der Waals surface area (Å²) in [7, 11) is 3.65. The number of piperazine rings is 1. The van der Waals surface area contributed by atoms with E-state index in [4.69, 9.17) is 0 Å². The SMILES string of the molecule is CN1CCN(c2nc(-c3ccncn3)cc(=O)n2C)CC1C(=O)c1ccccc1. The zero-order chi connectivity index (χ0) is 20.4. The van der Waals surface area contributed by atoms with Gasteiger partial charge in [0.05, 0.1) is 17.4 Å². The highest BCUT2D eigenvalue weighted by Gasteiger charge is 2.32. The molecule has 29 heavy (non-hydrogen) atoms. The quantitative estimate of drug-likeness (QED) is 0.620. The highest BCUT2D eigenvalue weighted by Crippen LogP contribution is 2.20. The van der Waals surface area contributed by atoms with E-state index in [0.717, 1.165) is 0 Å². The second-order valence-corrected chi connectivity index (χ2v) is 7.11. The molecular weight excluding hydrogens is 368 g/mol. The zero-order valence-corrected chi connectivity index (χ0v) is 16.4. The molecule has 3 heterocycles. The first-order valence-corrected chi connectivity index (χ1v) is 9.43. The van der Waals surface area contributed by atoms with Crippen LogP contribution in [0.4, 0.5) is 5.95 Å². The van der Waals surface area contributed by atoms with Crippen molar-refractivity contribution in [3.63, 3.8) is 0 Å². The Bertz CT molecular complexity index is 1070. The zero-order valence-electron chi connectivity index (χ0n) is 16.4. The second kappa shape index (κ2) is 7.92. The van der Waals surface area contributed by atoms with E-state index < -0.39 is 0 Å². The molecule has 1 aromatic carbocycles. The molecule has 0 saturated carbocycles. The van der Waals surface area contributed by atoms with Gasteiger partial charge in [-0.15, -0.1) is 0 Å². The number of Topliss-reactive ketones (excluding diaryl/α,β-unsaturated/α-hetero) is 1. The molecule has 8 nitrogen and oxygen atoms in total. The lowest BCUT2D eigenvalue weighted by Crippen LogP contribution is -2.56. The molecule has 1 fully saturated rings. The summed E-state index contributed by atoms with van der Waals surface area (Å²) in [5.74, 6) is 0.597. The minimum Gasteiger partial charge on any atom is -0.339 e. The van der Waals surface area contributed by atoms with Crippen LogP contribution in [-0.2, 0) is 7.05 Å². The molecule has 1 saturated heterocycles. The summed E-state index contributed by atoms with van der Waals surface area (Å²) in [6, 6.07) is 12.2. The van der Waals surface area contributed by atoms with Gasteiger partial charge in [0.15, 0.2) is 5.78 Å². The van der Waals surface area contributed by atoms with Crippen molar-refractivity contribution in [1.29, 1.82) is 0 Å². The number of benzene rings is 1. The molecule has 1 atom stereocenters. The molecule has 2 aromatic heterocycles. The number of aromatic nitrogens is 4. The maximum Gasteiger partial charge on any atom is 0.255 e. The Morgan fingerprint density at radius 2 is 1.86 bits per heavy atom. The lowest BCUT2D eigenvalue weighted by Gasteiger charge is -2.39. The largest absolute Gasteiger partial charge is 0.339 e. The van der Waals surface area contributed by atoms with Crippen LogP contribution in [0.5, 0.6) is 0 Å². The minimum absolute atomic E-state index is 0.0646. The summed E-state index contributed by atoms with van der Waals surface area (Å²) in [6.07, 6.45) is 3.05. The Hall–Kier alpha value is -3.39. The molecular formula is C21H22N6O2. The Balaban J connectivity index is 1.67. The average Bonchev–Trinajstić information content (AvgIpc) is 2.77. The van der Waals surface area contributed by atoms with Crippen molar-refractivity contribution in [2.45, 2.75) is 6.04 Å². The molecule has 1 aliphatic heterocycles. The van der Waals surface area contributed by atoms with E-state index in [9.17, 15) is 9.59 Å². The molecule has 148 valence electrons. The Labute approximate surface area is 168 Å². The molecule has 8 heteroatoms. The third-order valence-electron chi connectivity index (χ3n) is 5.25. The molecule has 1 unspecified atom stereocenters. The first-order chi connectivity index (χ1) is 14.0. The molecule has 4 rings (SSSR count). The van der Waals surface area contributed by atoms with E-state index in [1.165, 1.54) is 17.0 Å². The average molecular weight is 390 g/mol. The van der Waals surface area contributed by atoms with Gasteiger partial charge in [0, 0.05) is 44.5 Å². The first-order valence-electron chi connectivity index (χ1n) is 9.43. The van der Waals surface area contributed by atoms with Crippen LogP contribution in [0, 0.1) is 0 Å². The maximum atomic E-state index is 13.1. The number of carbonyl (C=O) groups is 1. The van der Waals surface area contributed by atoms with Crippen molar-refractivity contribution < 1.29 is 4.79 Å². The van der Waals surface area contributed by atoms with E-state index in [1.54, 1.807) is 19.3 Å². The van der Waals surface area contributed by atoms with Crippen LogP contribution in [0.2, 0.25) is 0 Å². The molecule has 0 aliphatic carbocycles. The fourth-order valence-corrected chi connectivity index (χ4v) is 3.52. The number of hydrogen-bond acceptors (Lipinski definition) is 7. The van der Waals surface area contributed by atoms with Crippen molar-refractivity contribution in [1.82, 2.24) is 24.4 Å². The summed E-state index contributed by atoms with van der Waals surface area (Å²) in [4.78, 5) is 42.5. The van der Waals surface area contributed by atoms with Gasteiger partial charge in [0.2, 0.25) is 5.95 Å².